The Kier molecular flexibility index (Phi) is 3.95. The molecule has 0 saturated carbocycles. The van der Waals surface area contributed by atoms with Gasteiger partial charge < -0.3 is 0 Å². The molecule has 1 aromatic rings. The smallest absolute Gasteiger partial charge is 0.273 e. The van der Waals surface area contributed by atoms with Crippen LogP contribution in [0.25, 0.3) is 0 Å². The van der Waals surface area contributed by atoms with Gasteiger partial charge in [0.1, 0.15) is 5.78 Å². The lowest BCUT2D eigenvalue weighted by molar-refractivity contribution is -0.121. The Hall–Kier alpha value is -1.25. The van der Waals surface area contributed by atoms with Crippen molar-refractivity contribution in [2.24, 2.45) is 0 Å². The van der Waals surface area contributed by atoms with Gasteiger partial charge in [0, 0.05) is 24.8 Å². The average Bonchev–Trinajstić information content (AvgIpc) is 2.27. The summed E-state index contributed by atoms with van der Waals surface area (Å²) in [4.78, 5) is 11.0. The van der Waals surface area contributed by atoms with Crippen molar-refractivity contribution in [3.05, 3.63) is 35.9 Å². The monoisotopic (exact) mass is 212 g/mol. The molecule has 82 valence electrons. The van der Waals surface area contributed by atoms with Crippen LogP contribution in [0.5, 0.6) is 0 Å². The molecule has 0 bridgehead atoms. The summed E-state index contributed by atoms with van der Waals surface area (Å²) in [5, 5.41) is 0. The molecule has 0 spiro atoms. The number of hydrogen-bond donors (Lipinski definition) is 0. The van der Waals surface area contributed by atoms with E-state index >= 15 is 0 Å². The van der Waals surface area contributed by atoms with Gasteiger partial charge in [-0.25, -0.2) is 8.78 Å². The number of rotatable bonds is 5. The van der Waals surface area contributed by atoms with Crippen LogP contribution in [0.15, 0.2) is 30.3 Å². The molecule has 0 fully saturated rings. The van der Waals surface area contributed by atoms with Crippen molar-refractivity contribution in [2.45, 2.75) is 32.1 Å². The Morgan fingerprint density at radius 2 is 1.87 bits per heavy atom. The van der Waals surface area contributed by atoms with E-state index in [1.165, 1.54) is 12.1 Å². The van der Waals surface area contributed by atoms with Crippen molar-refractivity contribution < 1.29 is 13.6 Å². The molecule has 0 amide bonds. The van der Waals surface area contributed by atoms with Crippen molar-refractivity contribution in [1.29, 1.82) is 0 Å². The third-order valence-electron chi connectivity index (χ3n) is 2.31. The highest BCUT2D eigenvalue weighted by Gasteiger charge is 2.31. The van der Waals surface area contributed by atoms with E-state index in [1.807, 2.05) is 0 Å². The fourth-order valence-electron chi connectivity index (χ4n) is 1.30. The normalized spacial score (nSPS) is 11.4. The van der Waals surface area contributed by atoms with Crippen molar-refractivity contribution in [3.63, 3.8) is 0 Å². The molecule has 0 heterocycles. The number of carbonyl (C=O) groups excluding carboxylic acids is 1. The van der Waals surface area contributed by atoms with Crippen molar-refractivity contribution in [3.8, 4) is 0 Å². The summed E-state index contributed by atoms with van der Waals surface area (Å²) in [5.74, 6) is -3.02. The Morgan fingerprint density at radius 1 is 1.27 bits per heavy atom. The van der Waals surface area contributed by atoms with Gasteiger partial charge in [0.15, 0.2) is 0 Å². The summed E-state index contributed by atoms with van der Waals surface area (Å²) in [6, 6.07) is 7.61. The fraction of sp³-hybridized carbons (Fsp3) is 0.417. The SMILES string of the molecule is CCC(=O)CCC(F)(F)c1ccccc1. The first-order valence-corrected chi connectivity index (χ1v) is 5.01. The van der Waals surface area contributed by atoms with Gasteiger partial charge in [-0.05, 0) is 0 Å². The molecule has 0 N–H and O–H groups in total. The molecule has 0 aromatic heterocycles. The number of benzene rings is 1. The number of ketones is 1. The Balaban J connectivity index is 2.63. The van der Waals surface area contributed by atoms with Crippen LogP contribution in [0.3, 0.4) is 0 Å². The molecule has 0 unspecified atom stereocenters. The highest BCUT2D eigenvalue weighted by molar-refractivity contribution is 5.78. The lowest BCUT2D eigenvalue weighted by atomic mass is 10.0. The lowest BCUT2D eigenvalue weighted by Crippen LogP contribution is -2.15. The topological polar surface area (TPSA) is 17.1 Å². The maximum Gasteiger partial charge on any atom is 0.273 e. The number of alkyl halides is 2. The molecule has 3 heteroatoms. The summed E-state index contributed by atoms with van der Waals surface area (Å²) in [5.41, 5.74) is -0.0195. The zero-order chi connectivity index (χ0) is 11.3. The van der Waals surface area contributed by atoms with Crippen LogP contribution >= 0.6 is 0 Å². The first-order valence-electron chi connectivity index (χ1n) is 5.01. The number of halogens is 2. The standard InChI is InChI=1S/C12H14F2O/c1-2-11(15)8-9-12(13,14)10-6-4-3-5-7-10/h3-7H,2,8-9H2,1H3. The van der Waals surface area contributed by atoms with E-state index in [9.17, 15) is 13.6 Å². The maximum absolute atomic E-state index is 13.5. The van der Waals surface area contributed by atoms with Gasteiger partial charge in [-0.1, -0.05) is 37.3 Å². The Morgan fingerprint density at radius 3 is 2.40 bits per heavy atom. The molecule has 0 aliphatic rings. The van der Waals surface area contributed by atoms with Gasteiger partial charge in [0.05, 0.1) is 0 Å². The second kappa shape index (κ2) is 5.01. The highest BCUT2D eigenvalue weighted by atomic mass is 19.3. The number of hydrogen-bond acceptors (Lipinski definition) is 1. The van der Waals surface area contributed by atoms with Crippen LogP contribution in [0.2, 0.25) is 0 Å². The fourth-order valence-corrected chi connectivity index (χ4v) is 1.30. The minimum atomic E-state index is -2.90. The summed E-state index contributed by atoms with van der Waals surface area (Å²) in [7, 11) is 0. The third kappa shape index (κ3) is 3.42. The zero-order valence-corrected chi connectivity index (χ0v) is 8.67. The molecular formula is C12H14F2O. The lowest BCUT2D eigenvalue weighted by Gasteiger charge is -2.15. The number of carbonyl (C=O) groups is 1. The molecule has 15 heavy (non-hydrogen) atoms. The van der Waals surface area contributed by atoms with Gasteiger partial charge in [0.2, 0.25) is 0 Å². The van der Waals surface area contributed by atoms with Gasteiger partial charge in [-0.2, -0.15) is 0 Å². The van der Waals surface area contributed by atoms with Crippen LogP contribution in [-0.2, 0) is 10.7 Å². The quantitative estimate of drug-likeness (QED) is 0.729. The molecular weight excluding hydrogens is 198 g/mol. The van der Waals surface area contributed by atoms with Crippen LogP contribution in [0, 0.1) is 0 Å². The molecule has 0 aliphatic heterocycles. The highest BCUT2D eigenvalue weighted by Crippen LogP contribution is 2.32. The first kappa shape index (κ1) is 11.8. The van der Waals surface area contributed by atoms with Crippen molar-refractivity contribution in [2.75, 3.05) is 0 Å². The first-order chi connectivity index (χ1) is 7.06. The predicted molar refractivity (Wildman–Crippen MR) is 54.9 cm³/mol. The minimum absolute atomic E-state index is 0.0195. The van der Waals surface area contributed by atoms with E-state index in [-0.39, 0.29) is 17.8 Å². The zero-order valence-electron chi connectivity index (χ0n) is 8.67. The van der Waals surface area contributed by atoms with Crippen LogP contribution in [0.4, 0.5) is 8.78 Å². The Bertz CT molecular complexity index is 320. The Labute approximate surface area is 88.1 Å². The summed E-state index contributed by atoms with van der Waals surface area (Å²) >= 11 is 0. The maximum atomic E-state index is 13.5. The van der Waals surface area contributed by atoms with Gasteiger partial charge in [-0.3, -0.25) is 4.79 Å². The van der Waals surface area contributed by atoms with E-state index in [0.717, 1.165) is 0 Å². The van der Waals surface area contributed by atoms with Crippen LogP contribution < -0.4 is 0 Å². The van der Waals surface area contributed by atoms with E-state index in [2.05, 4.69) is 0 Å². The molecule has 0 atom stereocenters. The molecule has 1 nitrogen and oxygen atoms in total. The number of Topliss-reactive ketones (excluding diaryl/α,β-unsaturated/α-hetero) is 1. The molecule has 0 saturated heterocycles. The summed E-state index contributed by atoms with van der Waals surface area (Å²) in [6.07, 6.45) is -0.132. The minimum Gasteiger partial charge on any atom is -0.300 e. The van der Waals surface area contributed by atoms with E-state index < -0.39 is 12.3 Å². The predicted octanol–water partition coefficient (Wildman–Crippen LogP) is 3.54. The summed E-state index contributed by atoms with van der Waals surface area (Å²) in [6.45, 7) is 1.68. The molecule has 0 radical (unpaired) electrons. The summed E-state index contributed by atoms with van der Waals surface area (Å²) < 4.78 is 27.0. The molecule has 0 aliphatic carbocycles. The van der Waals surface area contributed by atoms with E-state index in [1.54, 1.807) is 25.1 Å². The van der Waals surface area contributed by atoms with Crippen molar-refractivity contribution in [1.82, 2.24) is 0 Å². The van der Waals surface area contributed by atoms with Gasteiger partial charge >= 0.3 is 0 Å². The van der Waals surface area contributed by atoms with Crippen LogP contribution in [0.1, 0.15) is 31.7 Å². The van der Waals surface area contributed by atoms with E-state index in [4.69, 9.17) is 0 Å². The second-order valence-electron chi connectivity index (χ2n) is 3.46. The molecule has 1 rings (SSSR count). The van der Waals surface area contributed by atoms with Gasteiger partial charge in [0.25, 0.3) is 5.92 Å². The van der Waals surface area contributed by atoms with E-state index in [0.29, 0.717) is 6.42 Å². The van der Waals surface area contributed by atoms with Gasteiger partial charge in [-0.15, -0.1) is 0 Å². The third-order valence-corrected chi connectivity index (χ3v) is 2.31. The average molecular weight is 212 g/mol. The molecule has 1 aromatic carbocycles. The van der Waals surface area contributed by atoms with Crippen LogP contribution in [-0.4, -0.2) is 5.78 Å². The van der Waals surface area contributed by atoms with Crippen molar-refractivity contribution >= 4 is 5.78 Å². The largest absolute Gasteiger partial charge is 0.300 e. The second-order valence-corrected chi connectivity index (χ2v) is 3.46.